The van der Waals surface area contributed by atoms with Gasteiger partial charge in [0.2, 0.25) is 0 Å². The summed E-state index contributed by atoms with van der Waals surface area (Å²) in [6.45, 7) is 6.65. The number of ether oxygens (including phenoxy) is 2. The molecule has 180 valence electrons. The summed E-state index contributed by atoms with van der Waals surface area (Å²) in [4.78, 5) is 37.9. The molecule has 0 saturated carbocycles. The van der Waals surface area contributed by atoms with Gasteiger partial charge in [-0.2, -0.15) is 0 Å². The van der Waals surface area contributed by atoms with Gasteiger partial charge in [-0.1, -0.05) is 26.0 Å². The first-order chi connectivity index (χ1) is 16.1. The number of amides is 1. The Balaban J connectivity index is 2.11. The maximum atomic E-state index is 13.0. The van der Waals surface area contributed by atoms with Gasteiger partial charge in [0, 0.05) is 31.4 Å². The van der Waals surface area contributed by atoms with Crippen LogP contribution in [0.4, 0.5) is 5.69 Å². The fraction of sp³-hybridized carbons (Fsp3) is 0.360. The molecule has 9 nitrogen and oxygen atoms in total. The second-order valence-electron chi connectivity index (χ2n) is 8.52. The molecule has 0 aliphatic carbocycles. The summed E-state index contributed by atoms with van der Waals surface area (Å²) in [5.41, 5.74) is 1.13. The summed E-state index contributed by atoms with van der Waals surface area (Å²) < 4.78 is 10.9. The van der Waals surface area contributed by atoms with E-state index in [1.165, 1.54) is 30.2 Å². The molecule has 1 atom stereocenters. The van der Waals surface area contributed by atoms with Crippen LogP contribution in [-0.4, -0.2) is 53.5 Å². The standard InChI is InChI=1S/C25H28N2O7/c1-15(2)14-34-20-9-8-18(12-16(20)3)23(28)21-22(17-6-5-7-19(13-17)27(31)32)26(10-11-33-4)25(30)24(21)29/h5-9,12-13,15,22,28H,10-11,14H2,1-4H3/t22-/m1/s1. The van der Waals surface area contributed by atoms with Crippen LogP contribution in [0.5, 0.6) is 5.75 Å². The van der Waals surface area contributed by atoms with Crippen LogP contribution in [-0.2, 0) is 14.3 Å². The van der Waals surface area contributed by atoms with E-state index in [1.54, 1.807) is 24.3 Å². The van der Waals surface area contributed by atoms with Gasteiger partial charge in [-0.05, 0) is 42.2 Å². The molecular weight excluding hydrogens is 440 g/mol. The molecule has 1 aliphatic heterocycles. The molecular formula is C25H28N2O7. The van der Waals surface area contributed by atoms with E-state index in [0.717, 1.165) is 5.56 Å². The van der Waals surface area contributed by atoms with E-state index in [-0.39, 0.29) is 30.2 Å². The molecule has 0 bridgehead atoms. The first-order valence-electron chi connectivity index (χ1n) is 10.9. The number of aliphatic hydroxyl groups excluding tert-OH is 1. The molecule has 0 unspecified atom stereocenters. The molecule has 3 rings (SSSR count). The molecule has 2 aromatic rings. The SMILES string of the molecule is COCCN1C(=O)C(=O)C(=C(O)c2ccc(OCC(C)C)c(C)c2)[C@H]1c1cccc([N+](=O)[O-])c1. The lowest BCUT2D eigenvalue weighted by atomic mass is 9.94. The summed E-state index contributed by atoms with van der Waals surface area (Å²) in [5, 5.41) is 22.5. The van der Waals surface area contributed by atoms with E-state index >= 15 is 0 Å². The van der Waals surface area contributed by atoms with Crippen molar-refractivity contribution in [2.45, 2.75) is 26.8 Å². The topological polar surface area (TPSA) is 119 Å². The molecule has 1 amide bonds. The highest BCUT2D eigenvalue weighted by Gasteiger charge is 2.46. The Bertz CT molecular complexity index is 1140. The molecule has 1 N–H and O–H groups in total. The third-order valence-electron chi connectivity index (χ3n) is 5.49. The maximum Gasteiger partial charge on any atom is 0.295 e. The Morgan fingerprint density at radius 2 is 1.94 bits per heavy atom. The number of benzene rings is 2. The van der Waals surface area contributed by atoms with Gasteiger partial charge in [-0.3, -0.25) is 19.7 Å². The normalized spacial score (nSPS) is 17.4. The number of nitrogens with zero attached hydrogens (tertiary/aromatic N) is 2. The number of rotatable bonds is 9. The summed E-state index contributed by atoms with van der Waals surface area (Å²) in [7, 11) is 1.46. The smallest absolute Gasteiger partial charge is 0.295 e. The van der Waals surface area contributed by atoms with Crippen LogP contribution in [0.25, 0.3) is 5.76 Å². The second kappa shape index (κ2) is 10.5. The zero-order valence-electron chi connectivity index (χ0n) is 19.6. The van der Waals surface area contributed by atoms with Gasteiger partial charge < -0.3 is 19.5 Å². The fourth-order valence-corrected chi connectivity index (χ4v) is 3.83. The van der Waals surface area contributed by atoms with E-state index in [4.69, 9.17) is 9.47 Å². The molecule has 0 aromatic heterocycles. The van der Waals surface area contributed by atoms with Crippen LogP contribution in [0.1, 0.15) is 36.6 Å². The molecule has 2 aromatic carbocycles. The number of aryl methyl sites for hydroxylation is 1. The fourth-order valence-electron chi connectivity index (χ4n) is 3.83. The van der Waals surface area contributed by atoms with Crippen molar-refractivity contribution in [3.05, 3.63) is 74.8 Å². The van der Waals surface area contributed by atoms with E-state index in [2.05, 4.69) is 0 Å². The average molecular weight is 469 g/mol. The quantitative estimate of drug-likeness (QED) is 0.194. The minimum Gasteiger partial charge on any atom is -0.507 e. The highest BCUT2D eigenvalue weighted by Crippen LogP contribution is 2.40. The molecule has 34 heavy (non-hydrogen) atoms. The summed E-state index contributed by atoms with van der Waals surface area (Å²) in [6, 6.07) is 9.70. The third-order valence-corrected chi connectivity index (χ3v) is 5.49. The highest BCUT2D eigenvalue weighted by molar-refractivity contribution is 6.46. The van der Waals surface area contributed by atoms with Crippen LogP contribution < -0.4 is 4.74 Å². The average Bonchev–Trinajstić information content (AvgIpc) is 3.06. The number of likely N-dealkylation sites (tertiary alicyclic amines) is 1. The summed E-state index contributed by atoms with van der Waals surface area (Å²) in [5.74, 6) is -1.02. The first kappa shape index (κ1) is 24.9. The van der Waals surface area contributed by atoms with Gasteiger partial charge in [0.05, 0.1) is 29.8 Å². The van der Waals surface area contributed by atoms with Crippen LogP contribution in [0.15, 0.2) is 48.0 Å². The van der Waals surface area contributed by atoms with E-state index in [9.17, 15) is 24.8 Å². The van der Waals surface area contributed by atoms with Crippen molar-refractivity contribution in [1.82, 2.24) is 4.90 Å². The van der Waals surface area contributed by atoms with Crippen molar-refractivity contribution in [3.63, 3.8) is 0 Å². The van der Waals surface area contributed by atoms with Crippen molar-refractivity contribution >= 4 is 23.1 Å². The number of carbonyl (C=O) groups is 2. The van der Waals surface area contributed by atoms with Crippen LogP contribution in [0, 0.1) is 23.0 Å². The molecule has 9 heteroatoms. The Morgan fingerprint density at radius 3 is 2.56 bits per heavy atom. The lowest BCUT2D eigenvalue weighted by molar-refractivity contribution is -0.384. The predicted octanol–water partition coefficient (Wildman–Crippen LogP) is 4.01. The van der Waals surface area contributed by atoms with Crippen molar-refractivity contribution in [2.24, 2.45) is 5.92 Å². The number of methoxy groups -OCH3 is 1. The van der Waals surface area contributed by atoms with E-state index in [1.807, 2.05) is 20.8 Å². The van der Waals surface area contributed by atoms with Crippen LogP contribution in [0.3, 0.4) is 0 Å². The number of nitro benzene ring substituents is 1. The lowest BCUT2D eigenvalue weighted by Crippen LogP contribution is -2.32. The monoisotopic (exact) mass is 468 g/mol. The number of Topliss-reactive ketones (excluding diaryl/α,β-unsaturated/α-hetero) is 1. The summed E-state index contributed by atoms with van der Waals surface area (Å²) >= 11 is 0. The number of aliphatic hydroxyl groups is 1. The number of hydrogen-bond acceptors (Lipinski definition) is 7. The molecule has 1 fully saturated rings. The molecule has 1 saturated heterocycles. The van der Waals surface area contributed by atoms with Gasteiger partial charge in [0.25, 0.3) is 17.4 Å². The largest absolute Gasteiger partial charge is 0.507 e. The van der Waals surface area contributed by atoms with Crippen molar-refractivity contribution in [2.75, 3.05) is 26.9 Å². The van der Waals surface area contributed by atoms with Crippen molar-refractivity contribution < 1.29 is 29.1 Å². The number of hydrogen-bond donors (Lipinski definition) is 1. The lowest BCUT2D eigenvalue weighted by Gasteiger charge is -2.25. The Hall–Kier alpha value is -3.72. The first-order valence-corrected chi connectivity index (χ1v) is 10.9. The van der Waals surface area contributed by atoms with Crippen LogP contribution >= 0.6 is 0 Å². The van der Waals surface area contributed by atoms with Gasteiger partial charge in [0.1, 0.15) is 11.5 Å². The third kappa shape index (κ3) is 5.09. The van der Waals surface area contributed by atoms with Gasteiger partial charge in [0.15, 0.2) is 0 Å². The second-order valence-corrected chi connectivity index (χ2v) is 8.52. The summed E-state index contributed by atoms with van der Waals surface area (Å²) in [6.07, 6.45) is 0. The van der Waals surface area contributed by atoms with Crippen LogP contribution in [0.2, 0.25) is 0 Å². The van der Waals surface area contributed by atoms with Gasteiger partial charge in [-0.15, -0.1) is 0 Å². The number of carbonyl (C=O) groups excluding carboxylic acids is 2. The zero-order chi connectivity index (χ0) is 25.0. The Kier molecular flexibility index (Phi) is 7.68. The Morgan fingerprint density at radius 1 is 1.21 bits per heavy atom. The van der Waals surface area contributed by atoms with Crippen molar-refractivity contribution in [1.29, 1.82) is 0 Å². The number of non-ortho nitro benzene ring substituents is 1. The van der Waals surface area contributed by atoms with Gasteiger partial charge in [-0.25, -0.2) is 0 Å². The molecule has 0 radical (unpaired) electrons. The number of ketones is 1. The van der Waals surface area contributed by atoms with Crippen molar-refractivity contribution in [3.8, 4) is 5.75 Å². The molecule has 0 spiro atoms. The molecule has 1 heterocycles. The zero-order valence-corrected chi connectivity index (χ0v) is 19.6. The highest BCUT2D eigenvalue weighted by atomic mass is 16.6. The van der Waals surface area contributed by atoms with E-state index in [0.29, 0.717) is 29.4 Å². The predicted molar refractivity (Wildman–Crippen MR) is 125 cm³/mol. The minimum absolute atomic E-state index is 0.0756. The van der Waals surface area contributed by atoms with Gasteiger partial charge >= 0.3 is 0 Å². The molecule has 1 aliphatic rings. The Labute approximate surface area is 197 Å². The minimum atomic E-state index is -0.993. The maximum absolute atomic E-state index is 13.0. The van der Waals surface area contributed by atoms with E-state index < -0.39 is 22.7 Å². The number of nitro groups is 1.